The molecule has 0 radical (unpaired) electrons. The predicted molar refractivity (Wildman–Crippen MR) is 81.2 cm³/mol. The van der Waals surface area contributed by atoms with Crippen LogP contribution in [0.5, 0.6) is 5.75 Å². The Kier molecular flexibility index (Phi) is 3.93. The number of phenolic OH excluding ortho intramolecular Hbond substituents is 1. The number of ether oxygens (including phenoxy) is 1. The third-order valence-electron chi connectivity index (χ3n) is 3.37. The highest BCUT2D eigenvalue weighted by Crippen LogP contribution is 2.37. The van der Waals surface area contributed by atoms with Crippen molar-refractivity contribution in [1.82, 2.24) is 14.9 Å². The van der Waals surface area contributed by atoms with Gasteiger partial charge in [0.15, 0.2) is 0 Å². The first-order chi connectivity index (χ1) is 10.6. The topological polar surface area (TPSA) is 89.3 Å². The number of hydrogen-bond donors (Lipinski definition) is 2. The van der Waals surface area contributed by atoms with Gasteiger partial charge in [-0.2, -0.15) is 0 Å². The Hall–Kier alpha value is -2.22. The Balaban J connectivity index is 1.97. The van der Waals surface area contributed by atoms with E-state index in [4.69, 9.17) is 4.74 Å². The minimum atomic E-state index is -0.472. The lowest BCUT2D eigenvalue weighted by atomic mass is 10.0. The Labute approximate surface area is 131 Å². The third-order valence-corrected chi connectivity index (χ3v) is 4.56. The fraction of sp³-hybridized carbons (Fsp3) is 0.357. The molecule has 116 valence electrons. The average molecular weight is 320 g/mol. The van der Waals surface area contributed by atoms with Crippen LogP contribution in [-0.2, 0) is 9.53 Å². The molecule has 1 aromatic carbocycles. The number of phenols is 1. The van der Waals surface area contributed by atoms with Gasteiger partial charge >= 0.3 is 5.97 Å². The van der Waals surface area contributed by atoms with Crippen molar-refractivity contribution in [3.05, 3.63) is 35.7 Å². The first-order valence-electron chi connectivity index (χ1n) is 6.91. The van der Waals surface area contributed by atoms with E-state index in [0.717, 1.165) is 5.56 Å². The summed E-state index contributed by atoms with van der Waals surface area (Å²) in [6.45, 7) is 3.94. The van der Waals surface area contributed by atoms with Gasteiger partial charge in [0.05, 0.1) is 12.6 Å². The maximum atomic E-state index is 12.3. The van der Waals surface area contributed by atoms with Crippen LogP contribution in [0.2, 0.25) is 0 Å². The van der Waals surface area contributed by atoms with E-state index in [2.05, 4.69) is 15.6 Å². The number of aromatic hydroxyl groups is 1. The van der Waals surface area contributed by atoms with Crippen LogP contribution >= 0.6 is 11.8 Å². The lowest BCUT2D eigenvalue weighted by Gasteiger charge is -2.32. The molecule has 22 heavy (non-hydrogen) atoms. The average Bonchev–Trinajstić information content (AvgIpc) is 2.88. The number of hydrogen-bond acceptors (Lipinski definition) is 7. The van der Waals surface area contributed by atoms with Gasteiger partial charge in [0.25, 0.3) is 0 Å². The molecule has 0 aliphatic carbocycles. The van der Waals surface area contributed by atoms with Crippen LogP contribution in [0.4, 0.5) is 0 Å². The molecule has 8 heteroatoms. The summed E-state index contributed by atoms with van der Waals surface area (Å²) in [7, 11) is 0. The number of carbonyl (C=O) groups is 1. The number of fused-ring (bicyclic) bond motifs is 1. The highest BCUT2D eigenvalue weighted by atomic mass is 32.2. The number of esters is 1. The minimum Gasteiger partial charge on any atom is -0.508 e. The van der Waals surface area contributed by atoms with Gasteiger partial charge in [0.2, 0.25) is 5.16 Å². The lowest BCUT2D eigenvalue weighted by molar-refractivity contribution is -0.142. The van der Waals surface area contributed by atoms with Crippen LogP contribution in [-0.4, -0.2) is 37.8 Å². The van der Waals surface area contributed by atoms with Crippen LogP contribution in [0.15, 0.2) is 29.4 Å². The quantitative estimate of drug-likeness (QED) is 0.831. The molecule has 7 nitrogen and oxygen atoms in total. The lowest BCUT2D eigenvalue weighted by Crippen LogP contribution is -2.39. The van der Waals surface area contributed by atoms with Crippen molar-refractivity contribution in [2.75, 3.05) is 12.0 Å². The summed E-state index contributed by atoms with van der Waals surface area (Å²) in [5.74, 6) is 0.597. The Morgan fingerprint density at radius 2 is 2.14 bits per heavy atom. The second kappa shape index (κ2) is 5.88. The number of rotatable bonds is 3. The zero-order valence-corrected chi connectivity index (χ0v) is 13.0. The van der Waals surface area contributed by atoms with E-state index in [-0.39, 0.29) is 17.8 Å². The molecule has 2 heterocycles. The molecule has 2 aromatic rings. The van der Waals surface area contributed by atoms with E-state index >= 15 is 0 Å². The van der Waals surface area contributed by atoms with Crippen molar-refractivity contribution in [2.45, 2.75) is 30.3 Å². The van der Waals surface area contributed by atoms with Gasteiger partial charge in [-0.05, 0) is 31.5 Å². The van der Waals surface area contributed by atoms with E-state index in [9.17, 15) is 9.90 Å². The van der Waals surface area contributed by atoms with E-state index in [1.807, 2.05) is 6.92 Å². The molecular formula is C14H16N4O3S. The van der Waals surface area contributed by atoms with Crippen LogP contribution in [0.3, 0.4) is 0 Å². The molecule has 1 aliphatic rings. The first-order valence-corrected chi connectivity index (χ1v) is 7.79. The Morgan fingerprint density at radius 3 is 2.82 bits per heavy atom. The molecule has 0 bridgehead atoms. The number of nitrogens with one attached hydrogen (secondary N) is 1. The zero-order chi connectivity index (χ0) is 15.7. The maximum absolute atomic E-state index is 12.3. The number of nitrogens with zero attached hydrogens (tertiary/aromatic N) is 3. The number of aryl methyl sites for hydroxylation is 1. The highest BCUT2D eigenvalue weighted by Gasteiger charge is 2.38. The van der Waals surface area contributed by atoms with Crippen LogP contribution in [0.1, 0.15) is 24.4 Å². The van der Waals surface area contributed by atoms with Crippen molar-refractivity contribution in [2.24, 2.45) is 0 Å². The third kappa shape index (κ3) is 2.61. The van der Waals surface area contributed by atoms with Gasteiger partial charge in [-0.1, -0.05) is 23.9 Å². The molecule has 0 saturated heterocycles. The smallest absolute Gasteiger partial charge is 0.322 e. The first kappa shape index (κ1) is 14.7. The van der Waals surface area contributed by atoms with E-state index in [1.54, 1.807) is 35.9 Å². The van der Waals surface area contributed by atoms with E-state index in [1.165, 1.54) is 11.8 Å². The number of benzene rings is 1. The molecule has 1 aromatic heterocycles. The summed E-state index contributed by atoms with van der Waals surface area (Å²) < 4.78 is 6.93. The molecule has 2 N–H and O–H groups in total. The molecule has 1 aliphatic heterocycles. The summed E-state index contributed by atoms with van der Waals surface area (Å²) in [6, 6.07) is 6.46. The standard InChI is InChI=1S/C14H16N4O3S/c1-3-21-13(20)12-11(9-4-6-10(19)7-5-9)17-18-8(2)15-16-14(18)22-12/h4-7,11-12,17,19H,3H2,1-2H3/t11-,12+/m1/s1. The van der Waals surface area contributed by atoms with Gasteiger partial charge in [0.1, 0.15) is 16.8 Å². The number of carbonyl (C=O) groups excluding carboxylic acids is 1. The molecule has 3 rings (SSSR count). The van der Waals surface area contributed by atoms with Crippen molar-refractivity contribution < 1.29 is 14.6 Å². The molecule has 0 fully saturated rings. The van der Waals surface area contributed by atoms with Gasteiger partial charge in [0, 0.05) is 0 Å². The summed E-state index contributed by atoms with van der Waals surface area (Å²) >= 11 is 1.32. The van der Waals surface area contributed by atoms with E-state index in [0.29, 0.717) is 17.6 Å². The Bertz CT molecular complexity index is 686. The van der Waals surface area contributed by atoms with Crippen LogP contribution in [0, 0.1) is 6.92 Å². The maximum Gasteiger partial charge on any atom is 0.322 e. The fourth-order valence-electron chi connectivity index (χ4n) is 2.30. The monoisotopic (exact) mass is 320 g/mol. The SMILES string of the molecule is CCOC(=O)[C@H]1Sc2nnc(C)n2N[C@@H]1c1ccc(O)cc1. The molecule has 0 unspecified atom stereocenters. The highest BCUT2D eigenvalue weighted by molar-refractivity contribution is 8.00. The van der Waals surface area contributed by atoms with Crippen molar-refractivity contribution in [3.8, 4) is 5.75 Å². The second-order valence-electron chi connectivity index (χ2n) is 4.85. The molecule has 2 atom stereocenters. The summed E-state index contributed by atoms with van der Waals surface area (Å²) in [6.07, 6.45) is 0. The van der Waals surface area contributed by atoms with Crippen molar-refractivity contribution in [3.63, 3.8) is 0 Å². The van der Waals surface area contributed by atoms with Gasteiger partial charge in [-0.25, -0.2) is 4.68 Å². The summed E-state index contributed by atoms with van der Waals surface area (Å²) in [4.78, 5) is 12.3. The predicted octanol–water partition coefficient (Wildman–Crippen LogP) is 1.61. The minimum absolute atomic E-state index is 0.182. The largest absolute Gasteiger partial charge is 0.508 e. The second-order valence-corrected chi connectivity index (χ2v) is 5.96. The fourth-order valence-corrected chi connectivity index (χ4v) is 3.42. The van der Waals surface area contributed by atoms with Crippen LogP contribution in [0.25, 0.3) is 0 Å². The molecule has 0 saturated carbocycles. The van der Waals surface area contributed by atoms with E-state index < -0.39 is 5.25 Å². The van der Waals surface area contributed by atoms with Crippen molar-refractivity contribution in [1.29, 1.82) is 0 Å². The normalized spacial score (nSPS) is 20.1. The summed E-state index contributed by atoms with van der Waals surface area (Å²) in [5.41, 5.74) is 4.14. The van der Waals surface area contributed by atoms with Gasteiger partial charge in [-0.15, -0.1) is 10.2 Å². The zero-order valence-electron chi connectivity index (χ0n) is 12.2. The van der Waals surface area contributed by atoms with Gasteiger partial charge in [-0.3, -0.25) is 4.79 Å². The Morgan fingerprint density at radius 1 is 1.41 bits per heavy atom. The molecule has 0 spiro atoms. The summed E-state index contributed by atoms with van der Waals surface area (Å²) in [5, 5.41) is 17.7. The van der Waals surface area contributed by atoms with Gasteiger partial charge < -0.3 is 15.3 Å². The van der Waals surface area contributed by atoms with Crippen LogP contribution < -0.4 is 5.43 Å². The number of aromatic nitrogens is 3. The molecule has 0 amide bonds. The van der Waals surface area contributed by atoms with Crippen molar-refractivity contribution >= 4 is 17.7 Å². The number of thioether (sulfide) groups is 1. The molecular weight excluding hydrogens is 304 g/mol.